The molecule has 1 N–H and O–H groups in total. The minimum atomic E-state index is -3.92. The van der Waals surface area contributed by atoms with Crippen LogP contribution in [0.15, 0.2) is 18.2 Å². The smallest absolute Gasteiger partial charge is 0.176 e. The SMILES string of the molecule is CS(=O)(=O)[O-].Cc1cccc(C)[nH+]1. The van der Waals surface area contributed by atoms with Gasteiger partial charge in [0.05, 0.1) is 10.1 Å². The van der Waals surface area contributed by atoms with Gasteiger partial charge < -0.3 is 4.55 Å². The van der Waals surface area contributed by atoms with E-state index in [9.17, 15) is 0 Å². The number of nitrogens with one attached hydrogen (secondary N) is 1. The first kappa shape index (κ1) is 12.1. The third kappa shape index (κ3) is 11.1. The lowest BCUT2D eigenvalue weighted by Crippen LogP contribution is -2.09. The Morgan fingerprint density at radius 1 is 1.23 bits per heavy atom. The Hall–Kier alpha value is -0.940. The van der Waals surface area contributed by atoms with Crippen LogP contribution in [0.4, 0.5) is 0 Å². The quantitative estimate of drug-likeness (QED) is 0.568. The normalized spacial score (nSPS) is 10.2. The summed E-state index contributed by atoms with van der Waals surface area (Å²) in [6.07, 6.45) is 0.604. The van der Waals surface area contributed by atoms with Crippen LogP contribution in [-0.4, -0.2) is 19.2 Å². The molecule has 0 aliphatic rings. The largest absolute Gasteiger partial charge is 0.748 e. The van der Waals surface area contributed by atoms with Crippen LogP contribution in [-0.2, 0) is 10.1 Å². The molecule has 0 atom stereocenters. The summed E-state index contributed by atoms with van der Waals surface area (Å²) in [5.74, 6) is 0. The molecule has 0 radical (unpaired) electrons. The van der Waals surface area contributed by atoms with Crippen LogP contribution < -0.4 is 4.98 Å². The molecule has 1 rings (SSSR count). The zero-order chi connectivity index (χ0) is 10.5. The molecule has 1 heterocycles. The molecule has 4 nitrogen and oxygen atoms in total. The molecule has 0 bridgehead atoms. The summed E-state index contributed by atoms with van der Waals surface area (Å²) in [6.45, 7) is 4.10. The number of H-pyrrole nitrogens is 1. The summed E-state index contributed by atoms with van der Waals surface area (Å²) >= 11 is 0. The fourth-order valence-corrected chi connectivity index (χ4v) is 0.731. The lowest BCUT2D eigenvalue weighted by molar-refractivity contribution is -0.396. The van der Waals surface area contributed by atoms with Gasteiger partial charge in [0.1, 0.15) is 0 Å². The maximum absolute atomic E-state index is 9.08. The minimum Gasteiger partial charge on any atom is -0.748 e. The average molecular weight is 203 g/mol. The van der Waals surface area contributed by atoms with Crippen LogP contribution >= 0.6 is 0 Å². The summed E-state index contributed by atoms with van der Waals surface area (Å²) in [5, 5.41) is 0. The molecule has 1 aromatic rings. The summed E-state index contributed by atoms with van der Waals surface area (Å²) in [4.78, 5) is 3.17. The number of aromatic amines is 1. The summed E-state index contributed by atoms with van der Waals surface area (Å²) in [5.41, 5.74) is 2.43. The number of aryl methyl sites for hydroxylation is 2. The van der Waals surface area contributed by atoms with E-state index in [1.807, 2.05) is 32.0 Å². The van der Waals surface area contributed by atoms with E-state index in [-0.39, 0.29) is 0 Å². The van der Waals surface area contributed by atoms with E-state index in [0.717, 1.165) is 0 Å². The number of aromatic nitrogens is 1. The van der Waals surface area contributed by atoms with Gasteiger partial charge >= 0.3 is 0 Å². The van der Waals surface area contributed by atoms with Crippen molar-refractivity contribution in [3.63, 3.8) is 0 Å². The second-order valence-electron chi connectivity index (χ2n) is 2.72. The predicted molar refractivity (Wildman–Crippen MR) is 48.1 cm³/mol. The second kappa shape index (κ2) is 4.94. The Morgan fingerprint density at radius 2 is 1.54 bits per heavy atom. The fraction of sp³-hybridized carbons (Fsp3) is 0.375. The van der Waals surface area contributed by atoms with E-state index in [4.69, 9.17) is 13.0 Å². The van der Waals surface area contributed by atoms with E-state index in [0.29, 0.717) is 6.26 Å². The van der Waals surface area contributed by atoms with Gasteiger partial charge in [-0.15, -0.1) is 0 Å². The number of pyridine rings is 1. The van der Waals surface area contributed by atoms with Gasteiger partial charge in [-0.1, -0.05) is 0 Å². The molecule has 13 heavy (non-hydrogen) atoms. The first-order chi connectivity index (χ1) is 5.79. The van der Waals surface area contributed by atoms with Crippen molar-refractivity contribution in [1.82, 2.24) is 0 Å². The number of hydrogen-bond donors (Lipinski definition) is 0. The summed E-state index contributed by atoms with van der Waals surface area (Å²) in [6, 6.07) is 6.14. The van der Waals surface area contributed by atoms with Crippen LogP contribution in [0.2, 0.25) is 0 Å². The van der Waals surface area contributed by atoms with Crippen molar-refractivity contribution in [3.05, 3.63) is 29.6 Å². The lowest BCUT2D eigenvalue weighted by atomic mass is 10.3. The molecule has 0 fully saturated rings. The van der Waals surface area contributed by atoms with E-state index in [2.05, 4.69) is 4.98 Å². The molecular formula is C8H13NO3S. The molecule has 74 valence electrons. The zero-order valence-electron chi connectivity index (χ0n) is 7.87. The summed E-state index contributed by atoms with van der Waals surface area (Å²) in [7, 11) is -3.92. The van der Waals surface area contributed by atoms with Crippen LogP contribution in [0, 0.1) is 13.8 Å². The highest BCUT2D eigenvalue weighted by Gasteiger charge is 1.90. The Labute approximate surface area is 78.4 Å². The molecule has 0 aliphatic carbocycles. The van der Waals surface area contributed by atoms with Gasteiger partial charge in [0.25, 0.3) is 0 Å². The van der Waals surface area contributed by atoms with Crippen molar-refractivity contribution < 1.29 is 18.0 Å². The molecule has 0 saturated carbocycles. The van der Waals surface area contributed by atoms with Gasteiger partial charge in [-0.25, -0.2) is 13.4 Å². The zero-order valence-corrected chi connectivity index (χ0v) is 8.68. The third-order valence-electron chi connectivity index (χ3n) is 1.09. The van der Waals surface area contributed by atoms with Crippen LogP contribution in [0.3, 0.4) is 0 Å². The molecule has 5 heteroatoms. The standard InChI is InChI=1S/C7H9N.CH4O3S/c1-6-4-3-5-7(2)8-6;1-5(2,3)4/h3-5H,1-2H3;1H3,(H,2,3,4). The molecule has 0 aliphatic heterocycles. The summed E-state index contributed by atoms with van der Waals surface area (Å²) < 4.78 is 27.2. The van der Waals surface area contributed by atoms with E-state index < -0.39 is 10.1 Å². The maximum atomic E-state index is 9.08. The first-order valence-corrected chi connectivity index (χ1v) is 5.47. The molecule has 1 aromatic heterocycles. The topological polar surface area (TPSA) is 71.3 Å². The number of hydrogen-bond acceptors (Lipinski definition) is 3. The highest BCUT2D eigenvalue weighted by molar-refractivity contribution is 7.84. The maximum Gasteiger partial charge on any atom is 0.176 e. The lowest BCUT2D eigenvalue weighted by Gasteiger charge is -1.90. The van der Waals surface area contributed by atoms with Crippen LogP contribution in [0.25, 0.3) is 0 Å². The number of rotatable bonds is 0. The Balaban J connectivity index is 0.000000252. The molecule has 0 spiro atoms. The van der Waals surface area contributed by atoms with Crippen molar-refractivity contribution >= 4 is 10.1 Å². The van der Waals surface area contributed by atoms with Crippen LogP contribution in [0.1, 0.15) is 11.4 Å². The van der Waals surface area contributed by atoms with Gasteiger partial charge in [-0.3, -0.25) is 0 Å². The van der Waals surface area contributed by atoms with E-state index >= 15 is 0 Å². The second-order valence-corrected chi connectivity index (χ2v) is 4.13. The van der Waals surface area contributed by atoms with Gasteiger partial charge in [-0.2, -0.15) is 0 Å². The third-order valence-corrected chi connectivity index (χ3v) is 1.09. The van der Waals surface area contributed by atoms with E-state index in [1.165, 1.54) is 11.4 Å². The monoisotopic (exact) mass is 203 g/mol. The van der Waals surface area contributed by atoms with E-state index in [1.54, 1.807) is 0 Å². The van der Waals surface area contributed by atoms with Crippen molar-refractivity contribution in [2.75, 3.05) is 6.26 Å². The molecular weight excluding hydrogens is 190 g/mol. The fourth-order valence-electron chi connectivity index (χ4n) is 0.731. The highest BCUT2D eigenvalue weighted by Crippen LogP contribution is 1.87. The van der Waals surface area contributed by atoms with Crippen molar-refractivity contribution in [3.8, 4) is 0 Å². The van der Waals surface area contributed by atoms with Gasteiger partial charge in [0, 0.05) is 32.2 Å². The molecule has 0 saturated heterocycles. The van der Waals surface area contributed by atoms with Crippen molar-refractivity contribution in [1.29, 1.82) is 0 Å². The van der Waals surface area contributed by atoms with Gasteiger partial charge in [-0.05, 0) is 6.07 Å². The van der Waals surface area contributed by atoms with Crippen molar-refractivity contribution in [2.24, 2.45) is 0 Å². The Morgan fingerprint density at radius 3 is 1.69 bits per heavy atom. The predicted octanol–water partition coefficient (Wildman–Crippen LogP) is 0.279. The molecule has 0 unspecified atom stereocenters. The van der Waals surface area contributed by atoms with Gasteiger partial charge in [0.15, 0.2) is 11.4 Å². The molecule has 0 aromatic carbocycles. The minimum absolute atomic E-state index is 0.604. The van der Waals surface area contributed by atoms with Crippen LogP contribution in [0.5, 0.6) is 0 Å². The van der Waals surface area contributed by atoms with Crippen molar-refractivity contribution in [2.45, 2.75) is 13.8 Å². The average Bonchev–Trinajstić information content (AvgIpc) is 1.81. The Bertz CT molecular complexity index is 334. The highest BCUT2D eigenvalue weighted by atomic mass is 32.2. The molecule has 0 amide bonds. The Kier molecular flexibility index (Phi) is 4.58. The first-order valence-electron chi connectivity index (χ1n) is 3.65. The van der Waals surface area contributed by atoms with Gasteiger partial charge in [0.2, 0.25) is 0 Å².